The molecule has 0 fully saturated rings. The fraction of sp³-hybridized carbons (Fsp3) is 0.917. The van der Waals surface area contributed by atoms with E-state index < -0.39 is 0 Å². The number of hydrogen-bond donors (Lipinski definition) is 2. The normalized spacial score (nSPS) is 11.1. The molecule has 0 spiro atoms. The molecule has 0 aliphatic rings. The van der Waals surface area contributed by atoms with Gasteiger partial charge in [-0.25, -0.2) is 0 Å². The number of aliphatic hydroxyl groups excluding tert-OH is 1. The standard InChI is InChI=1S/C12H26N2O2/c1-4-11(5-2)14(9-10-15)8-7-12(16)13-6-3/h11,15H,4-10H2,1-3H3,(H,13,16). The van der Waals surface area contributed by atoms with Crippen molar-refractivity contribution < 1.29 is 9.90 Å². The number of hydrogen-bond acceptors (Lipinski definition) is 3. The third-order valence-corrected chi connectivity index (χ3v) is 2.85. The van der Waals surface area contributed by atoms with Gasteiger partial charge in [0.15, 0.2) is 0 Å². The first kappa shape index (κ1) is 15.4. The highest BCUT2D eigenvalue weighted by Gasteiger charge is 2.15. The van der Waals surface area contributed by atoms with E-state index in [1.54, 1.807) is 0 Å². The Bertz CT molecular complexity index is 182. The summed E-state index contributed by atoms with van der Waals surface area (Å²) in [6.45, 7) is 8.44. The first-order valence-corrected chi connectivity index (χ1v) is 6.31. The maximum atomic E-state index is 11.4. The second-order valence-corrected chi connectivity index (χ2v) is 3.93. The molecule has 0 aromatic heterocycles. The largest absolute Gasteiger partial charge is 0.395 e. The number of aliphatic hydroxyl groups is 1. The minimum absolute atomic E-state index is 0.0939. The van der Waals surface area contributed by atoms with Gasteiger partial charge < -0.3 is 10.4 Å². The molecule has 0 saturated heterocycles. The van der Waals surface area contributed by atoms with E-state index in [4.69, 9.17) is 5.11 Å². The molecule has 0 radical (unpaired) electrons. The summed E-state index contributed by atoms with van der Waals surface area (Å²) in [5, 5.41) is 11.8. The van der Waals surface area contributed by atoms with Crippen LogP contribution in [0.25, 0.3) is 0 Å². The molecule has 0 atom stereocenters. The van der Waals surface area contributed by atoms with E-state index in [1.165, 1.54) is 0 Å². The maximum absolute atomic E-state index is 11.4. The molecule has 0 bridgehead atoms. The number of rotatable bonds is 9. The van der Waals surface area contributed by atoms with Crippen molar-refractivity contribution in [2.45, 2.75) is 46.1 Å². The zero-order valence-corrected chi connectivity index (χ0v) is 10.8. The average molecular weight is 230 g/mol. The van der Waals surface area contributed by atoms with Crippen LogP contribution >= 0.6 is 0 Å². The van der Waals surface area contributed by atoms with Crippen molar-refractivity contribution in [3.8, 4) is 0 Å². The summed E-state index contributed by atoms with van der Waals surface area (Å²) in [7, 11) is 0. The summed E-state index contributed by atoms with van der Waals surface area (Å²) in [5.74, 6) is 0.0939. The smallest absolute Gasteiger partial charge is 0.221 e. The summed E-state index contributed by atoms with van der Waals surface area (Å²) in [4.78, 5) is 13.6. The summed E-state index contributed by atoms with van der Waals surface area (Å²) in [6.07, 6.45) is 2.64. The molecule has 0 unspecified atom stereocenters. The van der Waals surface area contributed by atoms with Crippen molar-refractivity contribution in [1.29, 1.82) is 0 Å². The number of nitrogens with zero attached hydrogens (tertiary/aromatic N) is 1. The third-order valence-electron chi connectivity index (χ3n) is 2.85. The number of carbonyl (C=O) groups is 1. The Hall–Kier alpha value is -0.610. The molecule has 0 rings (SSSR count). The minimum atomic E-state index is 0.0939. The van der Waals surface area contributed by atoms with Gasteiger partial charge in [-0.3, -0.25) is 9.69 Å². The quantitative estimate of drug-likeness (QED) is 0.621. The van der Waals surface area contributed by atoms with Gasteiger partial charge in [0.1, 0.15) is 0 Å². The molecule has 0 aromatic rings. The molecule has 0 aromatic carbocycles. The van der Waals surface area contributed by atoms with Crippen molar-refractivity contribution in [3.63, 3.8) is 0 Å². The van der Waals surface area contributed by atoms with Crippen LogP contribution in [-0.4, -0.2) is 48.2 Å². The Balaban J connectivity index is 4.06. The number of nitrogens with one attached hydrogen (secondary N) is 1. The lowest BCUT2D eigenvalue weighted by Crippen LogP contribution is -2.39. The van der Waals surface area contributed by atoms with Crippen molar-refractivity contribution in [2.75, 3.05) is 26.2 Å². The molecular weight excluding hydrogens is 204 g/mol. The lowest BCUT2D eigenvalue weighted by molar-refractivity contribution is -0.121. The van der Waals surface area contributed by atoms with Crippen LogP contribution in [0.4, 0.5) is 0 Å². The fourth-order valence-electron chi connectivity index (χ4n) is 1.94. The topological polar surface area (TPSA) is 52.6 Å². The summed E-state index contributed by atoms with van der Waals surface area (Å²) < 4.78 is 0. The van der Waals surface area contributed by atoms with Crippen molar-refractivity contribution >= 4 is 5.91 Å². The lowest BCUT2D eigenvalue weighted by Gasteiger charge is -2.29. The zero-order chi connectivity index (χ0) is 12.4. The molecule has 0 aliphatic heterocycles. The Morgan fingerprint density at radius 2 is 1.88 bits per heavy atom. The molecule has 16 heavy (non-hydrogen) atoms. The van der Waals surface area contributed by atoms with Gasteiger partial charge in [-0.1, -0.05) is 13.8 Å². The van der Waals surface area contributed by atoms with E-state index in [1.807, 2.05) is 6.92 Å². The third kappa shape index (κ3) is 6.08. The Labute approximate surface area is 99.0 Å². The lowest BCUT2D eigenvalue weighted by atomic mass is 10.1. The van der Waals surface area contributed by atoms with Crippen molar-refractivity contribution in [1.82, 2.24) is 10.2 Å². The van der Waals surface area contributed by atoms with Gasteiger partial charge in [0.05, 0.1) is 6.61 Å². The van der Waals surface area contributed by atoms with Crippen LogP contribution in [0.5, 0.6) is 0 Å². The molecule has 96 valence electrons. The van der Waals surface area contributed by atoms with Gasteiger partial charge in [0.2, 0.25) is 5.91 Å². The van der Waals surface area contributed by atoms with E-state index in [9.17, 15) is 4.79 Å². The Kier molecular flexibility index (Phi) is 9.24. The summed E-state index contributed by atoms with van der Waals surface area (Å²) in [5.41, 5.74) is 0. The Morgan fingerprint density at radius 3 is 2.31 bits per heavy atom. The highest BCUT2D eigenvalue weighted by molar-refractivity contribution is 5.75. The highest BCUT2D eigenvalue weighted by atomic mass is 16.3. The average Bonchev–Trinajstić information content (AvgIpc) is 2.28. The van der Waals surface area contributed by atoms with Gasteiger partial charge in [0, 0.05) is 32.1 Å². The van der Waals surface area contributed by atoms with Crippen LogP contribution in [0, 0.1) is 0 Å². The molecular formula is C12H26N2O2. The van der Waals surface area contributed by atoms with E-state index in [2.05, 4.69) is 24.1 Å². The van der Waals surface area contributed by atoms with E-state index in [-0.39, 0.29) is 12.5 Å². The van der Waals surface area contributed by atoms with Crippen molar-refractivity contribution in [2.24, 2.45) is 0 Å². The molecule has 4 heteroatoms. The van der Waals surface area contributed by atoms with Gasteiger partial charge in [0.25, 0.3) is 0 Å². The minimum Gasteiger partial charge on any atom is -0.395 e. The van der Waals surface area contributed by atoms with Crippen LogP contribution in [-0.2, 0) is 4.79 Å². The van der Waals surface area contributed by atoms with Gasteiger partial charge >= 0.3 is 0 Å². The highest BCUT2D eigenvalue weighted by Crippen LogP contribution is 2.08. The molecule has 0 saturated carbocycles. The van der Waals surface area contributed by atoms with Crippen LogP contribution in [0.1, 0.15) is 40.0 Å². The van der Waals surface area contributed by atoms with Crippen LogP contribution in [0.2, 0.25) is 0 Å². The van der Waals surface area contributed by atoms with E-state index >= 15 is 0 Å². The monoisotopic (exact) mass is 230 g/mol. The molecule has 0 aliphatic carbocycles. The second-order valence-electron chi connectivity index (χ2n) is 3.93. The maximum Gasteiger partial charge on any atom is 0.221 e. The molecule has 2 N–H and O–H groups in total. The van der Waals surface area contributed by atoms with Gasteiger partial charge in [-0.15, -0.1) is 0 Å². The fourth-order valence-corrected chi connectivity index (χ4v) is 1.94. The molecule has 1 amide bonds. The summed E-state index contributed by atoms with van der Waals surface area (Å²) >= 11 is 0. The summed E-state index contributed by atoms with van der Waals surface area (Å²) in [6, 6.07) is 0.474. The van der Waals surface area contributed by atoms with E-state index in [0.29, 0.717) is 25.6 Å². The predicted octanol–water partition coefficient (Wildman–Crippen LogP) is 0.995. The molecule has 0 heterocycles. The van der Waals surface area contributed by atoms with Gasteiger partial charge in [-0.05, 0) is 19.8 Å². The first-order valence-electron chi connectivity index (χ1n) is 6.31. The molecule has 4 nitrogen and oxygen atoms in total. The number of amides is 1. The van der Waals surface area contributed by atoms with Crippen LogP contribution < -0.4 is 5.32 Å². The van der Waals surface area contributed by atoms with Gasteiger partial charge in [-0.2, -0.15) is 0 Å². The van der Waals surface area contributed by atoms with Crippen LogP contribution in [0.15, 0.2) is 0 Å². The second kappa shape index (κ2) is 9.60. The number of carbonyl (C=O) groups excluding carboxylic acids is 1. The van der Waals surface area contributed by atoms with Crippen LogP contribution in [0.3, 0.4) is 0 Å². The van der Waals surface area contributed by atoms with E-state index in [0.717, 1.165) is 19.4 Å². The SMILES string of the molecule is CCNC(=O)CCN(CCO)C(CC)CC. The predicted molar refractivity (Wildman–Crippen MR) is 66.3 cm³/mol. The Morgan fingerprint density at radius 1 is 1.25 bits per heavy atom. The zero-order valence-electron chi connectivity index (χ0n) is 10.8. The first-order chi connectivity index (χ1) is 7.69. The van der Waals surface area contributed by atoms with Crippen molar-refractivity contribution in [3.05, 3.63) is 0 Å².